The number of imide groups is 2. The minimum absolute atomic E-state index is 0.235. The number of rotatable bonds is 10. The maximum Gasteiger partial charge on any atom is 0.411 e. The van der Waals surface area contributed by atoms with E-state index in [4.69, 9.17) is 5.11 Å². The molecule has 0 spiro atoms. The highest BCUT2D eigenvalue weighted by atomic mass is 32.2. The van der Waals surface area contributed by atoms with Crippen molar-refractivity contribution in [3.05, 3.63) is 46.8 Å². The average molecular weight is 475 g/mol. The van der Waals surface area contributed by atoms with Gasteiger partial charge in [-0.25, -0.2) is 4.79 Å². The Bertz CT molecular complexity index is 1000. The standard InChI is InChI=1S/C23H26N2O5S2/c1-2-3-6-15(20(26)24-22(28)29)9-8-14-5-4-7-16(12-14)18-11-10-17(31-18)13-19-21(27)25-23(30)32-19/h4-5,7,10-12,15,19H,2-3,6,8-9,13H2,1H3,(H,24,26)(H,28,29)(H,25,27,30). The molecule has 1 aromatic heterocycles. The molecule has 4 amide bonds. The van der Waals surface area contributed by atoms with Crippen molar-refractivity contribution >= 4 is 46.2 Å². The lowest BCUT2D eigenvalue weighted by Crippen LogP contribution is -2.34. The van der Waals surface area contributed by atoms with Gasteiger partial charge in [-0.05, 0) is 42.5 Å². The summed E-state index contributed by atoms with van der Waals surface area (Å²) in [4.78, 5) is 48.3. The highest BCUT2D eigenvalue weighted by Gasteiger charge is 2.31. The summed E-state index contributed by atoms with van der Waals surface area (Å²) in [5.74, 6) is -1.00. The van der Waals surface area contributed by atoms with Gasteiger partial charge in [-0.15, -0.1) is 11.3 Å². The molecule has 0 radical (unpaired) electrons. The Labute approximate surface area is 195 Å². The van der Waals surface area contributed by atoms with Crippen molar-refractivity contribution in [1.29, 1.82) is 0 Å². The number of carbonyl (C=O) groups is 4. The van der Waals surface area contributed by atoms with Gasteiger partial charge in [-0.1, -0.05) is 55.8 Å². The molecule has 9 heteroatoms. The van der Waals surface area contributed by atoms with Crippen molar-refractivity contribution in [2.45, 2.75) is 50.7 Å². The molecule has 1 aromatic carbocycles. The second-order valence-electron chi connectivity index (χ2n) is 7.73. The summed E-state index contributed by atoms with van der Waals surface area (Å²) >= 11 is 2.63. The van der Waals surface area contributed by atoms with Crippen LogP contribution < -0.4 is 10.6 Å². The predicted molar refractivity (Wildman–Crippen MR) is 126 cm³/mol. The number of amides is 4. The fourth-order valence-corrected chi connectivity index (χ4v) is 5.64. The first-order chi connectivity index (χ1) is 15.4. The van der Waals surface area contributed by atoms with E-state index in [2.05, 4.69) is 11.4 Å². The molecule has 0 saturated carbocycles. The molecule has 2 heterocycles. The molecule has 1 saturated heterocycles. The maximum absolute atomic E-state index is 12.2. The number of carboxylic acid groups (broad SMARTS) is 1. The summed E-state index contributed by atoms with van der Waals surface area (Å²) in [5.41, 5.74) is 2.14. The average Bonchev–Trinajstić information content (AvgIpc) is 3.34. The Morgan fingerprint density at radius 2 is 2.00 bits per heavy atom. The van der Waals surface area contributed by atoms with Crippen LogP contribution in [0.2, 0.25) is 0 Å². The van der Waals surface area contributed by atoms with Crippen LogP contribution in [0.4, 0.5) is 9.59 Å². The van der Waals surface area contributed by atoms with Crippen LogP contribution in [0.3, 0.4) is 0 Å². The number of thiophene rings is 1. The molecule has 170 valence electrons. The van der Waals surface area contributed by atoms with Crippen molar-refractivity contribution in [2.24, 2.45) is 5.92 Å². The van der Waals surface area contributed by atoms with Gasteiger partial charge in [0.2, 0.25) is 11.8 Å². The molecular weight excluding hydrogens is 448 g/mol. The summed E-state index contributed by atoms with van der Waals surface area (Å²) in [6.07, 6.45) is 2.95. The van der Waals surface area contributed by atoms with Crippen LogP contribution in [0.1, 0.15) is 43.0 Å². The summed E-state index contributed by atoms with van der Waals surface area (Å²) in [6, 6.07) is 12.1. The van der Waals surface area contributed by atoms with Crippen LogP contribution in [0.15, 0.2) is 36.4 Å². The first-order valence-corrected chi connectivity index (χ1v) is 12.3. The lowest BCUT2D eigenvalue weighted by molar-refractivity contribution is -0.124. The van der Waals surface area contributed by atoms with Gasteiger partial charge in [0.1, 0.15) is 0 Å². The summed E-state index contributed by atoms with van der Waals surface area (Å²) in [7, 11) is 0. The molecule has 1 aliphatic heterocycles. The fraction of sp³-hybridized carbons (Fsp3) is 0.391. The van der Waals surface area contributed by atoms with Crippen LogP contribution in [0, 0.1) is 5.92 Å². The molecule has 1 fully saturated rings. The summed E-state index contributed by atoms with van der Waals surface area (Å²) in [5, 5.41) is 12.5. The van der Waals surface area contributed by atoms with E-state index in [1.807, 2.05) is 42.6 Å². The van der Waals surface area contributed by atoms with Gasteiger partial charge < -0.3 is 5.11 Å². The number of benzene rings is 1. The molecule has 2 atom stereocenters. The minimum atomic E-state index is -1.31. The molecule has 32 heavy (non-hydrogen) atoms. The fourth-order valence-electron chi connectivity index (χ4n) is 3.64. The number of unbranched alkanes of at least 4 members (excludes halogenated alkanes) is 1. The molecule has 2 aromatic rings. The van der Waals surface area contributed by atoms with Crippen molar-refractivity contribution in [2.75, 3.05) is 0 Å². The van der Waals surface area contributed by atoms with Crippen LogP contribution >= 0.6 is 23.1 Å². The van der Waals surface area contributed by atoms with Crippen molar-refractivity contribution < 1.29 is 24.3 Å². The third kappa shape index (κ3) is 6.67. The molecule has 0 aliphatic carbocycles. The summed E-state index contributed by atoms with van der Waals surface area (Å²) < 4.78 is 0. The van der Waals surface area contributed by atoms with Gasteiger partial charge >= 0.3 is 6.09 Å². The SMILES string of the molecule is CCCCC(CCc1cccc(-c2ccc(CC3SC(=O)NC3=O)s2)c1)C(=O)NC(=O)O. The number of nitrogens with one attached hydrogen (secondary N) is 2. The van der Waals surface area contributed by atoms with Gasteiger partial charge in [-0.2, -0.15) is 0 Å². The zero-order valence-corrected chi connectivity index (χ0v) is 19.4. The van der Waals surface area contributed by atoms with E-state index < -0.39 is 12.0 Å². The Kier molecular flexibility index (Phi) is 8.46. The topological polar surface area (TPSA) is 113 Å². The van der Waals surface area contributed by atoms with Crippen LogP contribution in [0.25, 0.3) is 10.4 Å². The van der Waals surface area contributed by atoms with E-state index in [0.717, 1.165) is 45.5 Å². The normalized spacial score (nSPS) is 16.6. The first-order valence-electron chi connectivity index (χ1n) is 10.6. The van der Waals surface area contributed by atoms with Crippen LogP contribution in [-0.4, -0.2) is 33.5 Å². The minimum Gasteiger partial charge on any atom is -0.465 e. The maximum atomic E-state index is 12.2. The van der Waals surface area contributed by atoms with Gasteiger partial charge in [0, 0.05) is 22.1 Å². The van der Waals surface area contributed by atoms with E-state index in [0.29, 0.717) is 25.7 Å². The van der Waals surface area contributed by atoms with E-state index in [1.54, 1.807) is 11.3 Å². The van der Waals surface area contributed by atoms with E-state index in [9.17, 15) is 19.2 Å². The van der Waals surface area contributed by atoms with Gasteiger partial charge in [0.15, 0.2) is 0 Å². The zero-order chi connectivity index (χ0) is 23.1. The molecule has 3 rings (SSSR count). The van der Waals surface area contributed by atoms with Gasteiger partial charge in [0.25, 0.3) is 5.24 Å². The lowest BCUT2D eigenvalue weighted by atomic mass is 9.93. The van der Waals surface area contributed by atoms with Crippen LogP contribution in [-0.2, 0) is 22.4 Å². The number of hydrogen-bond donors (Lipinski definition) is 3. The van der Waals surface area contributed by atoms with Crippen molar-refractivity contribution in [3.63, 3.8) is 0 Å². The Morgan fingerprint density at radius 1 is 1.19 bits per heavy atom. The van der Waals surface area contributed by atoms with Crippen molar-refractivity contribution in [1.82, 2.24) is 10.6 Å². The zero-order valence-electron chi connectivity index (χ0n) is 17.8. The predicted octanol–water partition coefficient (Wildman–Crippen LogP) is 4.84. The number of aryl methyl sites for hydroxylation is 1. The molecule has 0 bridgehead atoms. The highest BCUT2D eigenvalue weighted by molar-refractivity contribution is 8.15. The monoisotopic (exact) mass is 474 g/mol. The molecule has 2 unspecified atom stereocenters. The second-order valence-corrected chi connectivity index (χ2v) is 10.1. The Hall–Kier alpha value is -2.65. The summed E-state index contributed by atoms with van der Waals surface area (Å²) in [6.45, 7) is 2.04. The number of carbonyl (C=O) groups excluding carboxylic acids is 3. The molecule has 7 nitrogen and oxygen atoms in total. The number of thioether (sulfide) groups is 1. The van der Waals surface area contributed by atoms with Crippen LogP contribution in [0.5, 0.6) is 0 Å². The smallest absolute Gasteiger partial charge is 0.411 e. The Morgan fingerprint density at radius 3 is 2.69 bits per heavy atom. The quantitative estimate of drug-likeness (QED) is 0.454. The van der Waals surface area contributed by atoms with Gasteiger partial charge in [-0.3, -0.25) is 25.0 Å². The molecule has 3 N–H and O–H groups in total. The lowest BCUT2D eigenvalue weighted by Gasteiger charge is -2.15. The molecule has 1 aliphatic rings. The third-order valence-corrected chi connectivity index (χ3v) is 7.45. The largest absolute Gasteiger partial charge is 0.465 e. The Balaban J connectivity index is 1.64. The van der Waals surface area contributed by atoms with Crippen molar-refractivity contribution in [3.8, 4) is 10.4 Å². The van der Waals surface area contributed by atoms with E-state index in [-0.39, 0.29) is 22.3 Å². The molecular formula is C23H26N2O5S2. The third-order valence-electron chi connectivity index (χ3n) is 5.32. The highest BCUT2D eigenvalue weighted by Crippen LogP contribution is 2.32. The second kappa shape index (κ2) is 11.3. The first kappa shape index (κ1) is 24.0. The van der Waals surface area contributed by atoms with E-state index in [1.165, 1.54) is 0 Å². The number of hydrogen-bond acceptors (Lipinski definition) is 6. The van der Waals surface area contributed by atoms with Gasteiger partial charge in [0.05, 0.1) is 5.25 Å². The van der Waals surface area contributed by atoms with E-state index >= 15 is 0 Å².